The van der Waals surface area contributed by atoms with Gasteiger partial charge in [-0.1, -0.05) is 6.07 Å². The summed E-state index contributed by atoms with van der Waals surface area (Å²) in [4.78, 5) is 23.2. The van der Waals surface area contributed by atoms with Crippen molar-refractivity contribution in [1.29, 1.82) is 0 Å². The fraction of sp³-hybridized carbons (Fsp3) is 0.259. The van der Waals surface area contributed by atoms with Crippen LogP contribution in [0.2, 0.25) is 0 Å². The zero-order valence-corrected chi connectivity index (χ0v) is 21.9. The zero-order valence-electron chi connectivity index (χ0n) is 21.9. The highest BCUT2D eigenvalue weighted by molar-refractivity contribution is 5.78. The molecule has 1 saturated heterocycles. The Hall–Kier alpha value is -4.72. The number of aromatic nitrogens is 6. The van der Waals surface area contributed by atoms with Gasteiger partial charge in [0.1, 0.15) is 11.6 Å². The molecular formula is C27H23F4N7O3. The monoisotopic (exact) mass is 569 g/mol. The highest BCUT2D eigenvalue weighted by atomic mass is 19.4. The number of H-pyrrole nitrogens is 1. The van der Waals surface area contributed by atoms with E-state index in [-0.39, 0.29) is 40.3 Å². The van der Waals surface area contributed by atoms with Crippen LogP contribution >= 0.6 is 0 Å². The number of fused-ring (bicyclic) bond motifs is 1. The molecule has 10 nitrogen and oxygen atoms in total. The summed E-state index contributed by atoms with van der Waals surface area (Å²) in [5.74, 6) is -0.565. The second kappa shape index (κ2) is 9.73. The van der Waals surface area contributed by atoms with Crippen LogP contribution in [-0.2, 0) is 10.9 Å². The number of aryl methyl sites for hydroxylation is 1. The molecule has 0 bridgehead atoms. The van der Waals surface area contributed by atoms with Crippen LogP contribution in [0.4, 0.5) is 23.2 Å². The fourth-order valence-electron chi connectivity index (χ4n) is 4.73. The van der Waals surface area contributed by atoms with Gasteiger partial charge in [-0.05, 0) is 44.5 Å². The number of alkyl halides is 3. The predicted molar refractivity (Wildman–Crippen MR) is 140 cm³/mol. The first-order valence-corrected chi connectivity index (χ1v) is 12.6. The van der Waals surface area contributed by atoms with Crippen LogP contribution in [0.15, 0.2) is 59.8 Å². The molecule has 2 unspecified atom stereocenters. The Kier molecular flexibility index (Phi) is 6.29. The number of epoxide rings is 1. The molecule has 0 aliphatic carbocycles. The van der Waals surface area contributed by atoms with Gasteiger partial charge in [-0.3, -0.25) is 9.55 Å². The highest BCUT2D eigenvalue weighted by Crippen LogP contribution is 2.46. The van der Waals surface area contributed by atoms with Gasteiger partial charge >= 0.3 is 11.9 Å². The van der Waals surface area contributed by atoms with Crippen molar-refractivity contribution in [2.45, 2.75) is 45.3 Å². The first kappa shape index (κ1) is 26.5. The average molecular weight is 570 g/mol. The predicted octanol–water partition coefficient (Wildman–Crippen LogP) is 5.65. The molecule has 0 radical (unpaired) electrons. The van der Waals surface area contributed by atoms with Gasteiger partial charge in [-0.15, -0.1) is 0 Å². The summed E-state index contributed by atoms with van der Waals surface area (Å²) in [6.07, 6.45) is -2.60. The molecule has 41 heavy (non-hydrogen) atoms. The second-order valence-electron chi connectivity index (χ2n) is 9.77. The number of ether oxygens (including phenoxy) is 2. The lowest BCUT2D eigenvalue weighted by atomic mass is 10.1. The molecule has 0 spiro atoms. The zero-order chi connectivity index (χ0) is 29.1. The van der Waals surface area contributed by atoms with Gasteiger partial charge in [0, 0.05) is 41.8 Å². The third kappa shape index (κ3) is 4.79. The topological polar surface area (TPSA) is 115 Å². The van der Waals surface area contributed by atoms with E-state index in [1.807, 2.05) is 13.8 Å². The van der Waals surface area contributed by atoms with Crippen molar-refractivity contribution in [2.24, 2.45) is 0 Å². The number of halogens is 4. The number of aromatic amines is 1. The molecule has 1 aliphatic heterocycles. The fourth-order valence-corrected chi connectivity index (χ4v) is 4.73. The number of imidazole rings is 1. The maximum Gasteiger partial charge on any atom is 0.433 e. The largest absolute Gasteiger partial charge is 0.452 e. The number of pyridine rings is 2. The minimum absolute atomic E-state index is 0.0606. The first-order chi connectivity index (χ1) is 19.5. The number of benzene rings is 1. The van der Waals surface area contributed by atoms with Gasteiger partial charge < -0.3 is 14.8 Å². The van der Waals surface area contributed by atoms with Gasteiger partial charge in [-0.2, -0.15) is 18.3 Å². The lowest BCUT2D eigenvalue weighted by Crippen LogP contribution is -2.18. The lowest BCUT2D eigenvalue weighted by Gasteiger charge is -2.13. The van der Waals surface area contributed by atoms with Crippen molar-refractivity contribution in [3.63, 3.8) is 0 Å². The van der Waals surface area contributed by atoms with Crippen LogP contribution in [0, 0.1) is 12.7 Å². The lowest BCUT2D eigenvalue weighted by molar-refractivity contribution is -0.143. The highest BCUT2D eigenvalue weighted by Gasteiger charge is 2.49. The average Bonchev–Trinajstić information content (AvgIpc) is 3.34. The Morgan fingerprint density at radius 2 is 1.93 bits per heavy atom. The SMILES string of the molecule is Cc1cccnc1-n1ncc(C2OC2Nc2ccc(Oc3ccnc4[nH]c(=O)n(C(C)C)c34)c(F)c2)c1C(F)(F)F. The maximum absolute atomic E-state index is 15.1. The Morgan fingerprint density at radius 1 is 1.12 bits per heavy atom. The molecule has 5 aromatic rings. The summed E-state index contributed by atoms with van der Waals surface area (Å²) in [5, 5.41) is 6.84. The van der Waals surface area contributed by atoms with Crippen molar-refractivity contribution in [2.75, 3.05) is 5.32 Å². The molecule has 1 fully saturated rings. The first-order valence-electron chi connectivity index (χ1n) is 12.6. The van der Waals surface area contributed by atoms with Crippen molar-refractivity contribution in [3.8, 4) is 17.3 Å². The summed E-state index contributed by atoms with van der Waals surface area (Å²) in [6, 6.07) is 8.60. The van der Waals surface area contributed by atoms with Crippen LogP contribution in [0.25, 0.3) is 17.0 Å². The number of hydrogen-bond acceptors (Lipinski definition) is 7. The molecule has 14 heteroatoms. The Balaban J connectivity index is 1.22. The van der Waals surface area contributed by atoms with Crippen molar-refractivity contribution >= 4 is 16.9 Å². The maximum atomic E-state index is 15.1. The van der Waals surface area contributed by atoms with Gasteiger partial charge in [0.05, 0.1) is 6.20 Å². The molecule has 1 aromatic carbocycles. The van der Waals surface area contributed by atoms with E-state index in [9.17, 15) is 18.0 Å². The molecule has 212 valence electrons. The Bertz CT molecular complexity index is 1830. The van der Waals surface area contributed by atoms with E-state index in [0.29, 0.717) is 16.7 Å². The molecule has 0 amide bonds. The third-order valence-corrected chi connectivity index (χ3v) is 6.60. The molecule has 6 rings (SSSR count). The van der Waals surface area contributed by atoms with Crippen LogP contribution in [0.3, 0.4) is 0 Å². The van der Waals surface area contributed by atoms with Gasteiger partial charge in [0.2, 0.25) is 0 Å². The van der Waals surface area contributed by atoms with Gasteiger partial charge in [0.15, 0.2) is 40.7 Å². The van der Waals surface area contributed by atoms with Gasteiger partial charge in [-0.25, -0.2) is 23.8 Å². The second-order valence-corrected chi connectivity index (χ2v) is 9.77. The van der Waals surface area contributed by atoms with Crippen molar-refractivity contribution in [3.05, 3.63) is 88.1 Å². The number of hydrogen-bond donors (Lipinski definition) is 2. The van der Waals surface area contributed by atoms with E-state index in [2.05, 4.69) is 25.4 Å². The summed E-state index contributed by atoms with van der Waals surface area (Å²) < 4.78 is 70.9. The molecular weight excluding hydrogens is 546 g/mol. The molecule has 1 aliphatic rings. The number of rotatable bonds is 7. The number of nitrogens with one attached hydrogen (secondary N) is 2. The minimum atomic E-state index is -4.73. The normalized spacial score (nSPS) is 16.9. The van der Waals surface area contributed by atoms with Crippen molar-refractivity contribution in [1.82, 2.24) is 29.3 Å². The van der Waals surface area contributed by atoms with E-state index < -0.39 is 30.0 Å². The van der Waals surface area contributed by atoms with E-state index in [1.54, 1.807) is 19.1 Å². The molecule has 5 heterocycles. The van der Waals surface area contributed by atoms with Gasteiger partial charge in [0.25, 0.3) is 0 Å². The quantitative estimate of drug-likeness (QED) is 0.192. The standard InChI is InChI=1S/C27H23F4N7O3/c1-13(2)37-20-19(8-10-32-23(20)36-26(37)39)40-18-7-6-15(11-17(18)28)35-25-21(41-25)16-12-34-38(22(16)27(29,30)31)24-14(3)5-4-9-33-24/h4-13,21,25,35H,1-3H3,(H,32,36,39). The van der Waals surface area contributed by atoms with E-state index in [4.69, 9.17) is 9.47 Å². The number of anilines is 1. The van der Waals surface area contributed by atoms with Crippen LogP contribution in [-0.4, -0.2) is 35.5 Å². The summed E-state index contributed by atoms with van der Waals surface area (Å²) >= 11 is 0. The summed E-state index contributed by atoms with van der Waals surface area (Å²) in [6.45, 7) is 5.28. The Labute approximate surface area is 229 Å². The summed E-state index contributed by atoms with van der Waals surface area (Å²) in [7, 11) is 0. The smallest absolute Gasteiger partial charge is 0.433 e. The van der Waals surface area contributed by atoms with E-state index in [0.717, 1.165) is 16.9 Å². The summed E-state index contributed by atoms with van der Waals surface area (Å²) in [5.41, 5.74) is -0.0340. The van der Waals surface area contributed by atoms with Crippen LogP contribution in [0.5, 0.6) is 11.5 Å². The van der Waals surface area contributed by atoms with Crippen molar-refractivity contribution < 1.29 is 27.0 Å². The Morgan fingerprint density at radius 3 is 2.63 bits per heavy atom. The van der Waals surface area contributed by atoms with Crippen LogP contribution < -0.4 is 15.7 Å². The molecule has 4 aromatic heterocycles. The van der Waals surface area contributed by atoms with E-state index in [1.165, 1.54) is 35.2 Å². The molecule has 0 saturated carbocycles. The third-order valence-electron chi connectivity index (χ3n) is 6.60. The minimum Gasteiger partial charge on any atom is -0.452 e. The van der Waals surface area contributed by atoms with E-state index >= 15 is 4.39 Å². The molecule has 2 atom stereocenters. The molecule has 2 N–H and O–H groups in total. The van der Waals surface area contributed by atoms with Crippen LogP contribution in [0.1, 0.15) is 42.8 Å². The number of nitrogens with zero attached hydrogens (tertiary/aromatic N) is 5.